The molecule has 618 valence electrons. The molecule has 0 spiro atoms. The highest BCUT2D eigenvalue weighted by atomic mass is 28.3. The van der Waals surface area contributed by atoms with E-state index in [1.54, 1.807) is 20.7 Å². The molecular formula is C115H126N4Si4+4. The molecule has 0 N–H and O–H groups in total. The molecule has 0 radical (unpaired) electrons. The van der Waals surface area contributed by atoms with Crippen LogP contribution in [0.5, 0.6) is 0 Å². The molecule has 123 heavy (non-hydrogen) atoms. The van der Waals surface area contributed by atoms with Gasteiger partial charge >= 0.3 is 0 Å². The molecule has 4 aliphatic heterocycles. The van der Waals surface area contributed by atoms with Crippen molar-refractivity contribution in [3.8, 4) is 89.5 Å². The van der Waals surface area contributed by atoms with E-state index in [1.807, 2.05) is 0 Å². The zero-order valence-electron chi connectivity index (χ0n) is 75.6. The summed E-state index contributed by atoms with van der Waals surface area (Å²) in [5.74, 6) is 0. The smallest absolute Gasteiger partial charge is 0.200 e. The molecule has 0 amide bonds. The molecule has 0 saturated carbocycles. The molecule has 16 aromatic rings. The van der Waals surface area contributed by atoms with Crippen LogP contribution in [-0.4, -0.2) is 32.3 Å². The average molecular weight is 1680 g/mol. The third kappa shape index (κ3) is 17.6. The van der Waals surface area contributed by atoms with E-state index in [4.69, 9.17) is 0 Å². The van der Waals surface area contributed by atoms with Gasteiger partial charge in [0.25, 0.3) is 0 Å². The minimum absolute atomic E-state index is 0.522. The molecular weight excluding hydrogens is 1550 g/mol. The van der Waals surface area contributed by atoms with Gasteiger partial charge in [-0.05, 0) is 170 Å². The third-order valence-corrected chi connectivity index (χ3v) is 47.8. The molecule has 4 fully saturated rings. The number of hydrogen-bond acceptors (Lipinski definition) is 0. The molecule has 0 atom stereocenters. The summed E-state index contributed by atoms with van der Waals surface area (Å²) in [6, 6.07) is 120. The third-order valence-electron chi connectivity index (χ3n) is 29.5. The van der Waals surface area contributed by atoms with Crippen molar-refractivity contribution in [1.82, 2.24) is 0 Å². The molecule has 4 saturated heterocycles. The second-order valence-electron chi connectivity index (χ2n) is 38.9. The Hall–Kier alpha value is -10.9. The lowest BCUT2D eigenvalue weighted by Crippen LogP contribution is -2.50. The lowest BCUT2D eigenvalue weighted by Gasteiger charge is -2.40. The quantitative estimate of drug-likeness (QED) is 0.0856. The Morgan fingerprint density at radius 3 is 0.683 bits per heavy atom. The van der Waals surface area contributed by atoms with Crippen LogP contribution in [0.15, 0.2) is 316 Å². The van der Waals surface area contributed by atoms with E-state index in [2.05, 4.69) is 430 Å². The summed E-state index contributed by atoms with van der Waals surface area (Å²) in [6.45, 7) is 24.2. The van der Waals surface area contributed by atoms with Crippen molar-refractivity contribution in [2.45, 2.75) is 167 Å². The van der Waals surface area contributed by atoms with Crippen LogP contribution in [0.1, 0.15) is 87.5 Å². The summed E-state index contributed by atoms with van der Waals surface area (Å²) < 4.78 is 9.12. The van der Waals surface area contributed by atoms with Gasteiger partial charge in [0, 0.05) is 46.5 Å². The van der Waals surface area contributed by atoms with Crippen LogP contribution in [0.2, 0.25) is 74.5 Å². The van der Waals surface area contributed by atoms with E-state index in [0.717, 1.165) is 0 Å². The maximum absolute atomic E-state index is 2.61. The van der Waals surface area contributed by atoms with Gasteiger partial charge in [-0.25, -0.2) is 18.3 Å². The second-order valence-corrected chi connectivity index (χ2v) is 57.7. The van der Waals surface area contributed by atoms with Crippen LogP contribution < -0.4 is 39.0 Å². The lowest BCUT2D eigenvalue weighted by molar-refractivity contribution is -0.659. The first-order valence-electron chi connectivity index (χ1n) is 45.8. The number of nitrogens with zero attached hydrogens (tertiary/aromatic N) is 4. The highest BCUT2D eigenvalue weighted by Gasteiger charge is 2.40. The van der Waals surface area contributed by atoms with Gasteiger partial charge in [-0.15, -0.1) is 0 Å². The van der Waals surface area contributed by atoms with E-state index >= 15 is 0 Å². The van der Waals surface area contributed by atoms with Gasteiger partial charge in [0.15, 0.2) is 24.8 Å². The first-order valence-corrected chi connectivity index (χ1v) is 57.4. The summed E-state index contributed by atoms with van der Waals surface area (Å²) in [7, 11) is 3.56. The van der Waals surface area contributed by atoms with Crippen molar-refractivity contribution in [1.29, 1.82) is 0 Å². The van der Waals surface area contributed by atoms with Crippen LogP contribution >= 0.6 is 0 Å². The molecule has 4 aliphatic rings. The fourth-order valence-electron chi connectivity index (χ4n) is 21.1. The Bertz CT molecular complexity index is 6570. The highest BCUT2D eigenvalue weighted by molar-refractivity contribution is 6.93. The van der Waals surface area contributed by atoms with Crippen LogP contribution in [0.4, 0.5) is 0 Å². The van der Waals surface area contributed by atoms with Gasteiger partial charge in [0.2, 0.25) is 22.8 Å². The van der Waals surface area contributed by atoms with E-state index in [-0.39, 0.29) is 0 Å². The summed E-state index contributed by atoms with van der Waals surface area (Å²) in [6.07, 6.45) is 20.2. The minimum atomic E-state index is -1.39. The maximum Gasteiger partial charge on any atom is 0.220 e. The van der Waals surface area contributed by atoms with Gasteiger partial charge in [-0.3, -0.25) is 0 Å². The Balaban J connectivity index is 0.000000116. The summed E-state index contributed by atoms with van der Waals surface area (Å²) in [4.78, 5) is 0. The van der Waals surface area contributed by atoms with E-state index in [0.29, 0.717) is 5.41 Å². The Morgan fingerprint density at radius 1 is 0.228 bits per heavy atom. The van der Waals surface area contributed by atoms with Gasteiger partial charge in [0.1, 0.15) is 28.2 Å². The van der Waals surface area contributed by atoms with Gasteiger partial charge in [0.05, 0.1) is 53.8 Å². The first kappa shape index (κ1) is 84.4. The number of aryl methyl sites for hydroxylation is 8. The first-order chi connectivity index (χ1) is 59.4. The molecule has 4 aromatic heterocycles. The highest BCUT2D eigenvalue weighted by Crippen LogP contribution is 2.43. The second kappa shape index (κ2) is 35.4. The largest absolute Gasteiger partial charge is 0.220 e. The SMILES string of the molecule is Cc1cc(-c2ccccc2)ccc1-c1c2ccc([Si]3(C)CCC(C)(C)CC3)cc2cc[n+]1C.Cc1cc(-c2ccccc2)ccc1-c1c2ccc([Si]3(C)CCC3)cc2cc[n+]1C.Cc1cc(-c2ccccc2)ccc1-c1c2ccc([Si]3(C)CCCC3)cc2cc[n+]1C.Cc1cc(-c2ccccc2)ccc1-c1c2ccc([Si]3(C)CCCCC3)cc2cc[n+]1C. The predicted molar refractivity (Wildman–Crippen MR) is 537 cm³/mol. The summed E-state index contributed by atoms with van der Waals surface area (Å²) in [5.41, 5.74) is 26.5. The van der Waals surface area contributed by atoms with Gasteiger partial charge < -0.3 is 0 Å². The zero-order valence-corrected chi connectivity index (χ0v) is 79.6. The number of rotatable bonds is 12. The Kier molecular flexibility index (Phi) is 24.3. The molecule has 8 heteroatoms. The maximum atomic E-state index is 2.61. The predicted octanol–water partition coefficient (Wildman–Crippen LogP) is 26.6. The number of fused-ring (bicyclic) bond motifs is 4. The van der Waals surface area contributed by atoms with Crippen molar-refractivity contribution in [3.05, 3.63) is 338 Å². The average Bonchev–Trinajstić information content (AvgIpc) is 0.818. The van der Waals surface area contributed by atoms with Gasteiger partial charge in [-0.2, -0.15) is 0 Å². The fourth-order valence-corrected chi connectivity index (χ4v) is 36.1. The van der Waals surface area contributed by atoms with Crippen molar-refractivity contribution < 1.29 is 18.3 Å². The van der Waals surface area contributed by atoms with Crippen molar-refractivity contribution in [2.24, 2.45) is 33.6 Å². The van der Waals surface area contributed by atoms with Crippen LogP contribution in [0, 0.1) is 33.1 Å². The van der Waals surface area contributed by atoms with Crippen molar-refractivity contribution in [3.63, 3.8) is 0 Å². The van der Waals surface area contributed by atoms with Crippen LogP contribution in [0.3, 0.4) is 0 Å². The Morgan fingerprint density at radius 2 is 0.455 bits per heavy atom. The molecule has 12 aromatic carbocycles. The summed E-state index contributed by atoms with van der Waals surface area (Å²) >= 11 is 0. The van der Waals surface area contributed by atoms with Gasteiger partial charge in [-0.1, -0.05) is 379 Å². The lowest BCUT2D eigenvalue weighted by atomic mass is 9.87. The molecule has 0 unspecified atom stereocenters. The van der Waals surface area contributed by atoms with Crippen molar-refractivity contribution in [2.75, 3.05) is 0 Å². The molecule has 0 aliphatic carbocycles. The fraction of sp³-hybridized carbons (Fsp3) is 0.270. The van der Waals surface area contributed by atoms with E-state index < -0.39 is 32.3 Å². The molecule has 4 nitrogen and oxygen atoms in total. The zero-order chi connectivity index (χ0) is 85.4. The summed E-state index contributed by atoms with van der Waals surface area (Å²) in [5, 5.41) is 17.5. The van der Waals surface area contributed by atoms with Crippen LogP contribution in [-0.2, 0) is 28.2 Å². The van der Waals surface area contributed by atoms with Crippen molar-refractivity contribution >= 4 is 96.1 Å². The van der Waals surface area contributed by atoms with E-state index in [9.17, 15) is 0 Å². The van der Waals surface area contributed by atoms with E-state index in [1.165, 1.54) is 255 Å². The number of benzene rings is 12. The topological polar surface area (TPSA) is 15.5 Å². The molecule has 20 rings (SSSR count). The number of hydrogen-bond donors (Lipinski definition) is 0. The standard InChI is InChI=1S/C31H36NSi.C29H32NSi.C28H30NSi.C27H28NSi/c1-23-21-25(24-9-7-6-8-10-24)11-13-28(23)30-29-14-12-27(22-26(29)15-18-32(30)4)33(5)19-16-31(2,3)17-20-33;1-22-20-24(23-10-6-4-7-11-23)12-14-27(22)29-28-15-13-26(21-25(28)16-17-30(29)2)31(3)18-8-5-9-19-31;1-21-19-23(22-9-5-4-6-10-22)11-13-26(21)28-27-14-12-25(30(3)17-7-8-18-30)20-24(27)15-16-29(28)2;1-20-18-22(21-8-5-4-6-9-21)10-12-25(20)27-26-13-11-24(29(3)16-7-17-29)19-23(26)14-15-28(27)2/h6-15,18,21-22H,16-17,19-20H2,1-5H3;4,6-7,10-17,20-21H,5,8-9,18-19H2,1-3H3;4-6,9-16,19-20H,7-8,17-18H2,1-3H3;4-6,8-15,18-19H,7,16-17H2,1-3H3/q4*+1. The molecule has 8 heterocycles. The molecule has 0 bridgehead atoms. The minimum Gasteiger partial charge on any atom is -0.200 e. The monoisotopic (exact) mass is 1670 g/mol. The number of aromatic nitrogens is 4. The Labute approximate surface area is 737 Å². The van der Waals surface area contributed by atoms with Crippen LogP contribution in [0.25, 0.3) is 133 Å². The normalized spacial score (nSPS) is 16.0. The number of pyridine rings is 4.